The standard InChI is InChI=1S/C20H21F3N4O5/c1-4-31-18-9-13(5-8-17(18)32-12-19(28)26(2)3)11-24-25-15-7-6-14(20(21,22)23)10-16(15)27(29)30/h5-11,25H,4,12H2,1-3H3. The molecule has 2 aromatic rings. The van der Waals surface area contributed by atoms with Crippen molar-refractivity contribution in [1.29, 1.82) is 0 Å². The van der Waals surface area contributed by atoms with Crippen molar-refractivity contribution >= 4 is 23.5 Å². The van der Waals surface area contributed by atoms with Crippen molar-refractivity contribution in [3.05, 3.63) is 57.6 Å². The second kappa shape index (κ2) is 10.5. The third-order valence-corrected chi connectivity index (χ3v) is 4.04. The normalized spacial score (nSPS) is 11.3. The smallest absolute Gasteiger partial charge is 0.416 e. The Labute approximate surface area is 181 Å². The molecular formula is C20H21F3N4O5. The highest BCUT2D eigenvalue weighted by Gasteiger charge is 2.33. The van der Waals surface area contributed by atoms with E-state index in [9.17, 15) is 28.1 Å². The lowest BCUT2D eigenvalue weighted by atomic mass is 10.1. The van der Waals surface area contributed by atoms with Gasteiger partial charge in [-0.15, -0.1) is 0 Å². The van der Waals surface area contributed by atoms with Crippen LogP contribution in [0.3, 0.4) is 0 Å². The predicted molar refractivity (Wildman–Crippen MR) is 111 cm³/mol. The van der Waals surface area contributed by atoms with Crippen molar-refractivity contribution in [3.8, 4) is 11.5 Å². The van der Waals surface area contributed by atoms with Crippen LogP contribution in [0, 0.1) is 10.1 Å². The molecule has 0 fully saturated rings. The maximum atomic E-state index is 12.8. The van der Waals surface area contributed by atoms with Crippen LogP contribution in [-0.4, -0.2) is 49.3 Å². The highest BCUT2D eigenvalue weighted by Crippen LogP contribution is 2.35. The number of nitro benzene ring substituents is 1. The van der Waals surface area contributed by atoms with Gasteiger partial charge in [0.2, 0.25) is 0 Å². The number of halogens is 3. The number of hydrogen-bond donors (Lipinski definition) is 1. The highest BCUT2D eigenvalue weighted by atomic mass is 19.4. The van der Waals surface area contributed by atoms with E-state index in [0.717, 1.165) is 12.1 Å². The molecule has 0 saturated heterocycles. The Balaban J connectivity index is 2.18. The van der Waals surface area contributed by atoms with E-state index in [4.69, 9.17) is 9.47 Å². The van der Waals surface area contributed by atoms with E-state index < -0.39 is 22.4 Å². The van der Waals surface area contributed by atoms with E-state index in [1.165, 1.54) is 11.1 Å². The summed E-state index contributed by atoms with van der Waals surface area (Å²) in [5.41, 5.74) is 0.793. The molecule has 0 radical (unpaired) electrons. The molecule has 0 unspecified atom stereocenters. The Morgan fingerprint density at radius 3 is 2.50 bits per heavy atom. The number of nitrogens with one attached hydrogen (secondary N) is 1. The largest absolute Gasteiger partial charge is 0.490 e. The van der Waals surface area contributed by atoms with Gasteiger partial charge in [-0.05, 0) is 42.8 Å². The highest BCUT2D eigenvalue weighted by molar-refractivity contribution is 5.82. The summed E-state index contributed by atoms with van der Waals surface area (Å²) in [6, 6.07) is 6.83. The first-order valence-corrected chi connectivity index (χ1v) is 9.27. The van der Waals surface area contributed by atoms with Gasteiger partial charge in [0.25, 0.3) is 11.6 Å². The number of carbonyl (C=O) groups excluding carboxylic acids is 1. The number of carbonyl (C=O) groups is 1. The minimum absolute atomic E-state index is 0.181. The Morgan fingerprint density at radius 2 is 1.91 bits per heavy atom. The first-order valence-electron chi connectivity index (χ1n) is 9.27. The number of ether oxygens (including phenoxy) is 2. The van der Waals surface area contributed by atoms with Crippen LogP contribution in [-0.2, 0) is 11.0 Å². The molecule has 0 aromatic heterocycles. The molecule has 0 aliphatic heterocycles. The molecule has 1 N–H and O–H groups in total. The van der Waals surface area contributed by atoms with Crippen molar-refractivity contribution in [2.45, 2.75) is 13.1 Å². The number of anilines is 1. The summed E-state index contributed by atoms with van der Waals surface area (Å²) >= 11 is 0. The molecule has 0 spiro atoms. The molecule has 9 nitrogen and oxygen atoms in total. The van der Waals surface area contributed by atoms with Crippen LogP contribution in [0.5, 0.6) is 11.5 Å². The minimum atomic E-state index is -4.71. The van der Waals surface area contributed by atoms with Gasteiger partial charge < -0.3 is 14.4 Å². The molecule has 12 heteroatoms. The van der Waals surface area contributed by atoms with Crippen LogP contribution in [0.25, 0.3) is 0 Å². The zero-order valence-corrected chi connectivity index (χ0v) is 17.5. The number of amides is 1. The number of hydrogen-bond acceptors (Lipinski definition) is 7. The Hall–Kier alpha value is -3.83. The van der Waals surface area contributed by atoms with Gasteiger partial charge in [-0.1, -0.05) is 0 Å². The maximum Gasteiger partial charge on any atom is 0.416 e. The van der Waals surface area contributed by atoms with Crippen LogP contribution in [0.15, 0.2) is 41.5 Å². The minimum Gasteiger partial charge on any atom is -0.490 e. The zero-order chi connectivity index (χ0) is 23.9. The summed E-state index contributed by atoms with van der Waals surface area (Å²) in [7, 11) is 3.20. The number of nitro groups is 1. The third-order valence-electron chi connectivity index (χ3n) is 4.04. The van der Waals surface area contributed by atoms with Crippen molar-refractivity contribution in [2.24, 2.45) is 5.10 Å². The van der Waals surface area contributed by atoms with Gasteiger partial charge in [0.1, 0.15) is 5.69 Å². The first-order chi connectivity index (χ1) is 15.0. The second-order valence-corrected chi connectivity index (χ2v) is 6.57. The van der Waals surface area contributed by atoms with E-state index >= 15 is 0 Å². The van der Waals surface area contributed by atoms with Gasteiger partial charge in [0.05, 0.1) is 23.3 Å². The fourth-order valence-electron chi connectivity index (χ4n) is 2.39. The first kappa shape index (κ1) is 24.4. The quantitative estimate of drug-likeness (QED) is 0.350. The lowest BCUT2D eigenvalue weighted by Gasteiger charge is -2.14. The molecule has 32 heavy (non-hydrogen) atoms. The summed E-state index contributed by atoms with van der Waals surface area (Å²) in [6.45, 7) is 1.91. The third kappa shape index (κ3) is 6.59. The summed E-state index contributed by atoms with van der Waals surface area (Å²) in [5.74, 6) is 0.453. The number of hydrazone groups is 1. The topological polar surface area (TPSA) is 106 Å². The number of rotatable bonds is 9. The molecule has 0 bridgehead atoms. The van der Waals surface area contributed by atoms with Crippen molar-refractivity contribution in [1.82, 2.24) is 4.90 Å². The van der Waals surface area contributed by atoms with Crippen molar-refractivity contribution < 1.29 is 32.4 Å². The molecule has 172 valence electrons. The van der Waals surface area contributed by atoms with Crippen molar-refractivity contribution in [2.75, 3.05) is 32.7 Å². The molecular weight excluding hydrogens is 433 g/mol. The van der Waals surface area contributed by atoms with Gasteiger partial charge in [0.15, 0.2) is 18.1 Å². The van der Waals surface area contributed by atoms with Crippen molar-refractivity contribution in [3.63, 3.8) is 0 Å². The zero-order valence-electron chi connectivity index (χ0n) is 17.5. The van der Waals surface area contributed by atoms with E-state index in [0.29, 0.717) is 29.7 Å². The molecule has 0 aliphatic carbocycles. The Morgan fingerprint density at radius 1 is 1.19 bits per heavy atom. The van der Waals surface area contributed by atoms with E-state index in [2.05, 4.69) is 10.5 Å². The fraction of sp³-hybridized carbons (Fsp3) is 0.300. The van der Waals surface area contributed by atoms with E-state index in [1.54, 1.807) is 39.2 Å². The van der Waals surface area contributed by atoms with Crippen LogP contribution < -0.4 is 14.9 Å². The average Bonchev–Trinajstić information content (AvgIpc) is 2.72. The lowest BCUT2D eigenvalue weighted by molar-refractivity contribution is -0.384. The van der Waals surface area contributed by atoms with Gasteiger partial charge in [-0.3, -0.25) is 20.3 Å². The van der Waals surface area contributed by atoms with Crippen LogP contribution >= 0.6 is 0 Å². The number of likely N-dealkylation sites (N-methyl/N-ethyl adjacent to an activating group) is 1. The monoisotopic (exact) mass is 454 g/mol. The van der Waals surface area contributed by atoms with E-state index in [1.807, 2.05) is 0 Å². The van der Waals surface area contributed by atoms with Gasteiger partial charge in [-0.25, -0.2) is 0 Å². The van der Waals surface area contributed by atoms with Crippen LogP contribution in [0.1, 0.15) is 18.1 Å². The Bertz CT molecular complexity index is 1010. The summed E-state index contributed by atoms with van der Waals surface area (Å²) in [6.07, 6.45) is -3.40. The molecule has 0 saturated carbocycles. The average molecular weight is 454 g/mol. The number of alkyl halides is 3. The molecule has 1 amide bonds. The predicted octanol–water partition coefficient (Wildman–Crippen LogP) is 3.93. The molecule has 0 heterocycles. The van der Waals surface area contributed by atoms with Crippen LogP contribution in [0.4, 0.5) is 24.5 Å². The van der Waals surface area contributed by atoms with Crippen LogP contribution in [0.2, 0.25) is 0 Å². The maximum absolute atomic E-state index is 12.8. The fourth-order valence-corrected chi connectivity index (χ4v) is 2.39. The van der Waals surface area contributed by atoms with Gasteiger partial charge in [0, 0.05) is 20.2 Å². The number of benzene rings is 2. The molecule has 0 atom stereocenters. The van der Waals surface area contributed by atoms with Gasteiger partial charge in [-0.2, -0.15) is 18.3 Å². The molecule has 0 aliphatic rings. The lowest BCUT2D eigenvalue weighted by Crippen LogP contribution is -2.27. The Kier molecular flexibility index (Phi) is 7.99. The summed E-state index contributed by atoms with van der Waals surface area (Å²) in [5, 5.41) is 15.0. The second-order valence-electron chi connectivity index (χ2n) is 6.57. The molecule has 2 rings (SSSR count). The summed E-state index contributed by atoms with van der Waals surface area (Å²) < 4.78 is 49.4. The van der Waals surface area contributed by atoms with Gasteiger partial charge >= 0.3 is 6.18 Å². The molecule has 2 aromatic carbocycles. The number of nitrogens with zero attached hydrogens (tertiary/aromatic N) is 3. The SMILES string of the molecule is CCOc1cc(C=NNc2ccc(C(F)(F)F)cc2[N+](=O)[O-])ccc1OCC(=O)N(C)C. The summed E-state index contributed by atoms with van der Waals surface area (Å²) in [4.78, 5) is 23.3. The van der Waals surface area contributed by atoms with E-state index in [-0.39, 0.29) is 18.2 Å².